The molecule has 2 heterocycles. The van der Waals surface area contributed by atoms with Crippen molar-refractivity contribution in [2.75, 3.05) is 26.2 Å². The van der Waals surface area contributed by atoms with E-state index in [1.165, 1.54) is 32.5 Å². The Morgan fingerprint density at radius 3 is 2.59 bits per heavy atom. The number of fused-ring (bicyclic) bond motifs is 1. The fourth-order valence-corrected chi connectivity index (χ4v) is 3.35. The fourth-order valence-electron chi connectivity index (χ4n) is 3.35. The first-order valence-corrected chi connectivity index (χ1v) is 7.35. The minimum absolute atomic E-state index is 0.0229. The summed E-state index contributed by atoms with van der Waals surface area (Å²) in [4.78, 5) is 5.32. The van der Waals surface area contributed by atoms with Crippen molar-refractivity contribution in [1.29, 1.82) is 0 Å². The van der Waals surface area contributed by atoms with Crippen LogP contribution < -0.4 is 5.73 Å². The predicted octanol–water partition coefficient (Wildman–Crippen LogP) is 1.67. The molecule has 0 aliphatic carbocycles. The second-order valence-electron chi connectivity index (χ2n) is 6.14. The summed E-state index contributed by atoms with van der Waals surface area (Å²) in [5.74, 6) is 0. The smallest absolute Gasteiger partial charge is 0.0278 e. The maximum Gasteiger partial charge on any atom is 0.0278 e. The molecule has 17 heavy (non-hydrogen) atoms. The van der Waals surface area contributed by atoms with E-state index in [0.717, 1.165) is 25.4 Å². The average Bonchev–Trinajstić information content (AvgIpc) is 2.76. The molecule has 0 aromatic rings. The quantitative estimate of drug-likeness (QED) is 0.810. The molecule has 0 aromatic heterocycles. The molecule has 2 fully saturated rings. The van der Waals surface area contributed by atoms with Crippen LogP contribution >= 0.6 is 0 Å². The SMILES string of the molecule is CCC(N)(CC)CN1CC2CCCN2CC1C. The molecule has 3 heteroatoms. The van der Waals surface area contributed by atoms with E-state index >= 15 is 0 Å². The van der Waals surface area contributed by atoms with Crippen molar-refractivity contribution in [3.05, 3.63) is 0 Å². The Labute approximate surface area is 106 Å². The van der Waals surface area contributed by atoms with Gasteiger partial charge in [0, 0.05) is 37.3 Å². The van der Waals surface area contributed by atoms with Crippen LogP contribution in [0.2, 0.25) is 0 Å². The maximum absolute atomic E-state index is 6.47. The Kier molecular flexibility index (Phi) is 4.11. The average molecular weight is 239 g/mol. The van der Waals surface area contributed by atoms with Crippen molar-refractivity contribution in [3.63, 3.8) is 0 Å². The van der Waals surface area contributed by atoms with Gasteiger partial charge in [-0.15, -0.1) is 0 Å². The van der Waals surface area contributed by atoms with Gasteiger partial charge in [0.15, 0.2) is 0 Å². The number of nitrogens with two attached hydrogens (primary N) is 1. The van der Waals surface area contributed by atoms with Crippen LogP contribution in [0, 0.1) is 0 Å². The normalized spacial score (nSPS) is 31.8. The first kappa shape index (κ1) is 13.3. The first-order chi connectivity index (χ1) is 8.08. The number of hydrogen-bond donors (Lipinski definition) is 1. The van der Waals surface area contributed by atoms with E-state index in [2.05, 4.69) is 30.6 Å². The molecule has 2 N–H and O–H groups in total. The van der Waals surface area contributed by atoms with Gasteiger partial charge in [-0.1, -0.05) is 13.8 Å². The highest BCUT2D eigenvalue weighted by atomic mass is 15.3. The van der Waals surface area contributed by atoms with Crippen LogP contribution in [0.3, 0.4) is 0 Å². The Morgan fingerprint density at radius 1 is 1.24 bits per heavy atom. The lowest BCUT2D eigenvalue weighted by Crippen LogP contribution is -2.60. The van der Waals surface area contributed by atoms with Gasteiger partial charge >= 0.3 is 0 Å². The second-order valence-corrected chi connectivity index (χ2v) is 6.14. The molecule has 0 saturated carbocycles. The molecule has 0 aromatic carbocycles. The molecule has 3 nitrogen and oxygen atoms in total. The first-order valence-electron chi connectivity index (χ1n) is 7.35. The van der Waals surface area contributed by atoms with Crippen LogP contribution in [-0.2, 0) is 0 Å². The number of rotatable bonds is 4. The van der Waals surface area contributed by atoms with Gasteiger partial charge in [-0.2, -0.15) is 0 Å². The molecular weight excluding hydrogens is 210 g/mol. The highest BCUT2D eigenvalue weighted by Crippen LogP contribution is 2.26. The molecule has 0 radical (unpaired) electrons. The lowest BCUT2D eigenvalue weighted by atomic mass is 9.92. The molecule has 2 rings (SSSR count). The maximum atomic E-state index is 6.47. The third kappa shape index (κ3) is 2.83. The summed E-state index contributed by atoms with van der Waals surface area (Å²) >= 11 is 0. The monoisotopic (exact) mass is 239 g/mol. The van der Waals surface area contributed by atoms with Gasteiger partial charge in [-0.3, -0.25) is 9.80 Å². The largest absolute Gasteiger partial charge is 0.324 e. The minimum Gasteiger partial charge on any atom is -0.324 e. The fraction of sp³-hybridized carbons (Fsp3) is 1.00. The highest BCUT2D eigenvalue weighted by molar-refractivity contribution is 4.94. The third-order valence-electron chi connectivity index (χ3n) is 4.99. The summed E-state index contributed by atoms with van der Waals surface area (Å²) in [5, 5.41) is 0. The Bertz CT molecular complexity index is 250. The molecule has 0 amide bonds. The molecular formula is C14H29N3. The molecule has 2 aliphatic rings. The van der Waals surface area contributed by atoms with Crippen LogP contribution in [-0.4, -0.2) is 53.6 Å². The van der Waals surface area contributed by atoms with Gasteiger partial charge in [-0.05, 0) is 39.2 Å². The Balaban J connectivity index is 1.96. The van der Waals surface area contributed by atoms with Crippen molar-refractivity contribution in [2.24, 2.45) is 5.73 Å². The summed E-state index contributed by atoms with van der Waals surface area (Å²) in [7, 11) is 0. The molecule has 2 saturated heterocycles. The van der Waals surface area contributed by atoms with E-state index in [1.54, 1.807) is 0 Å². The molecule has 0 bridgehead atoms. The van der Waals surface area contributed by atoms with Crippen molar-refractivity contribution in [1.82, 2.24) is 9.80 Å². The van der Waals surface area contributed by atoms with Gasteiger partial charge in [0.25, 0.3) is 0 Å². The molecule has 2 atom stereocenters. The van der Waals surface area contributed by atoms with Gasteiger partial charge in [0.1, 0.15) is 0 Å². The topological polar surface area (TPSA) is 32.5 Å². The van der Waals surface area contributed by atoms with E-state index in [9.17, 15) is 0 Å². The van der Waals surface area contributed by atoms with Crippen LogP contribution in [0.5, 0.6) is 0 Å². The van der Waals surface area contributed by atoms with E-state index in [-0.39, 0.29) is 5.54 Å². The predicted molar refractivity (Wildman–Crippen MR) is 73.1 cm³/mol. The zero-order valence-electron chi connectivity index (χ0n) is 11.8. The number of hydrogen-bond acceptors (Lipinski definition) is 3. The summed E-state index contributed by atoms with van der Waals surface area (Å²) in [6.07, 6.45) is 4.95. The van der Waals surface area contributed by atoms with Crippen molar-refractivity contribution < 1.29 is 0 Å². The molecule has 0 spiro atoms. The highest BCUT2D eigenvalue weighted by Gasteiger charge is 2.36. The van der Waals surface area contributed by atoms with Crippen molar-refractivity contribution >= 4 is 0 Å². The minimum atomic E-state index is 0.0229. The van der Waals surface area contributed by atoms with Crippen molar-refractivity contribution in [3.8, 4) is 0 Å². The van der Waals surface area contributed by atoms with Crippen LogP contribution in [0.15, 0.2) is 0 Å². The number of nitrogens with zero attached hydrogens (tertiary/aromatic N) is 2. The van der Waals surface area contributed by atoms with Crippen LogP contribution in [0.25, 0.3) is 0 Å². The summed E-state index contributed by atoms with van der Waals surface area (Å²) < 4.78 is 0. The molecule has 100 valence electrons. The summed E-state index contributed by atoms with van der Waals surface area (Å²) in [5.41, 5.74) is 6.49. The second kappa shape index (κ2) is 5.25. The molecule has 2 unspecified atom stereocenters. The van der Waals surface area contributed by atoms with E-state index < -0.39 is 0 Å². The standard InChI is InChI=1S/C14H29N3/c1-4-14(15,5-2)11-17-10-13-7-6-8-16(13)9-12(17)3/h12-13H,4-11,15H2,1-3H3. The summed E-state index contributed by atoms with van der Waals surface area (Å²) in [6, 6.07) is 1.48. The Morgan fingerprint density at radius 2 is 1.94 bits per heavy atom. The van der Waals surface area contributed by atoms with E-state index in [0.29, 0.717) is 6.04 Å². The zero-order valence-corrected chi connectivity index (χ0v) is 11.8. The number of piperazine rings is 1. The van der Waals surface area contributed by atoms with E-state index in [1.807, 2.05) is 0 Å². The van der Waals surface area contributed by atoms with Crippen molar-refractivity contribution in [2.45, 2.75) is 64.1 Å². The van der Waals surface area contributed by atoms with E-state index in [4.69, 9.17) is 5.73 Å². The third-order valence-corrected chi connectivity index (χ3v) is 4.99. The van der Waals surface area contributed by atoms with Gasteiger partial charge < -0.3 is 5.73 Å². The van der Waals surface area contributed by atoms with Crippen LogP contribution in [0.4, 0.5) is 0 Å². The van der Waals surface area contributed by atoms with Crippen LogP contribution in [0.1, 0.15) is 46.5 Å². The Hall–Kier alpha value is -0.120. The van der Waals surface area contributed by atoms with Gasteiger partial charge in [0.05, 0.1) is 0 Å². The lowest BCUT2D eigenvalue weighted by Gasteiger charge is -2.45. The van der Waals surface area contributed by atoms with Gasteiger partial charge in [-0.25, -0.2) is 0 Å². The lowest BCUT2D eigenvalue weighted by molar-refractivity contribution is 0.0416. The summed E-state index contributed by atoms with van der Waals surface area (Å²) in [6.45, 7) is 11.7. The molecule has 2 aliphatic heterocycles. The van der Waals surface area contributed by atoms with Gasteiger partial charge in [0.2, 0.25) is 0 Å². The zero-order chi connectivity index (χ0) is 12.5.